The molecule has 2 aliphatic rings. The van der Waals surface area contributed by atoms with Crippen LogP contribution in [0.5, 0.6) is 0 Å². The number of hydrogen-bond acceptors (Lipinski definition) is 4. The van der Waals surface area contributed by atoms with E-state index in [4.69, 9.17) is 8.83 Å². The summed E-state index contributed by atoms with van der Waals surface area (Å²) in [5.41, 5.74) is 5.02. The van der Waals surface area contributed by atoms with Crippen LogP contribution in [0.1, 0.15) is 20.7 Å². The van der Waals surface area contributed by atoms with Crippen molar-refractivity contribution in [3.05, 3.63) is 49.7 Å². The monoisotopic (exact) mass is 842 g/mol. The predicted molar refractivity (Wildman–Crippen MR) is 150 cm³/mol. The zero-order valence-corrected chi connectivity index (χ0v) is 23.2. The van der Waals surface area contributed by atoms with Gasteiger partial charge in [0.2, 0.25) is 0 Å². The lowest BCUT2D eigenvalue weighted by Crippen LogP contribution is -2.02. The lowest BCUT2D eigenvalue weighted by Gasteiger charge is -2.22. The highest BCUT2D eigenvalue weighted by Crippen LogP contribution is 2.51. The number of carbonyl (C=O) groups is 2. The van der Waals surface area contributed by atoms with Crippen molar-refractivity contribution in [3.63, 3.8) is 0 Å². The molecule has 0 fully saturated rings. The summed E-state index contributed by atoms with van der Waals surface area (Å²) in [6.07, 6.45) is 1.67. The molecule has 0 aliphatic carbocycles. The van der Waals surface area contributed by atoms with Gasteiger partial charge in [-0.2, -0.15) is 0 Å². The molecule has 6 rings (SSSR count). The van der Waals surface area contributed by atoms with Crippen molar-refractivity contribution in [1.29, 1.82) is 0 Å². The van der Waals surface area contributed by atoms with Crippen molar-refractivity contribution in [3.8, 4) is 11.1 Å². The summed E-state index contributed by atoms with van der Waals surface area (Å²) in [5.74, 6) is 0. The van der Waals surface area contributed by atoms with Crippen LogP contribution in [-0.2, 0) is 0 Å². The molecular weight excluding hydrogens is 836 g/mol. The van der Waals surface area contributed by atoms with Gasteiger partial charge in [0.1, 0.15) is 22.3 Å². The van der Waals surface area contributed by atoms with E-state index < -0.39 is 0 Å². The Morgan fingerprint density at radius 1 is 0.633 bits per heavy atom. The van der Waals surface area contributed by atoms with Gasteiger partial charge in [-0.25, -0.2) is 0 Å². The Morgan fingerprint density at radius 3 is 1.40 bits per heavy atom. The predicted octanol–water partition coefficient (Wildman–Crippen LogP) is 8.07. The minimum absolute atomic E-state index is 0.486. The zero-order chi connectivity index (χ0) is 20.9. The standard InChI is InChI=1S/C22H6I4O4/c23-11-3-13-15-9(19(11)25)1-7(5-27)21-17(15)18-16-10(2-8(6-28)22(18)30-13)20(26)12(24)4-14(16)29-21/h1-6H. The molecule has 146 valence electrons. The Kier molecular flexibility index (Phi) is 4.56. The average molecular weight is 842 g/mol. The molecular formula is C22H6I4O4. The summed E-state index contributed by atoms with van der Waals surface area (Å²) in [5, 5.41) is 3.72. The normalized spacial score (nSPS) is 12.3. The van der Waals surface area contributed by atoms with E-state index in [0.29, 0.717) is 33.5 Å². The summed E-state index contributed by atoms with van der Waals surface area (Å²) in [7, 11) is 0. The first-order valence-electron chi connectivity index (χ1n) is 8.68. The maximum absolute atomic E-state index is 12.0. The number of aldehydes is 2. The zero-order valence-electron chi connectivity index (χ0n) is 14.6. The second-order valence-electron chi connectivity index (χ2n) is 6.97. The Labute approximate surface area is 223 Å². The van der Waals surface area contributed by atoms with E-state index in [1.54, 1.807) is 0 Å². The van der Waals surface area contributed by atoms with E-state index in [2.05, 4.69) is 90.4 Å². The smallest absolute Gasteiger partial charge is 0.153 e. The molecule has 0 aromatic heterocycles. The number of benzene rings is 4. The highest BCUT2D eigenvalue weighted by atomic mass is 127. The molecule has 0 spiro atoms. The van der Waals surface area contributed by atoms with Crippen molar-refractivity contribution >= 4 is 147 Å². The summed E-state index contributed by atoms with van der Waals surface area (Å²) in [4.78, 5) is 24.1. The van der Waals surface area contributed by atoms with Crippen LogP contribution in [0.2, 0.25) is 0 Å². The van der Waals surface area contributed by atoms with E-state index in [9.17, 15) is 9.59 Å². The van der Waals surface area contributed by atoms with Crippen LogP contribution < -0.4 is 0 Å². The molecule has 4 aromatic rings. The topological polar surface area (TPSA) is 60.4 Å². The molecule has 4 aromatic carbocycles. The molecule has 0 atom stereocenters. The lowest BCUT2D eigenvalue weighted by atomic mass is 9.87. The van der Waals surface area contributed by atoms with Crippen LogP contribution in [0.4, 0.5) is 0 Å². The number of halogens is 4. The second-order valence-corrected chi connectivity index (χ2v) is 11.4. The van der Waals surface area contributed by atoms with Crippen molar-refractivity contribution in [2.75, 3.05) is 0 Å². The van der Waals surface area contributed by atoms with E-state index >= 15 is 0 Å². The van der Waals surface area contributed by atoms with Gasteiger partial charge >= 0.3 is 0 Å². The van der Waals surface area contributed by atoms with Crippen LogP contribution in [0.25, 0.3) is 55.0 Å². The Bertz CT molecular complexity index is 1550. The Morgan fingerprint density at radius 2 is 1.03 bits per heavy atom. The van der Waals surface area contributed by atoms with E-state index in [0.717, 1.165) is 59.5 Å². The van der Waals surface area contributed by atoms with Gasteiger partial charge in [-0.1, -0.05) is 0 Å². The molecule has 2 aliphatic heterocycles. The van der Waals surface area contributed by atoms with Crippen LogP contribution in [0, 0.1) is 14.3 Å². The molecule has 0 saturated heterocycles. The van der Waals surface area contributed by atoms with E-state index in [1.807, 2.05) is 24.3 Å². The molecule has 0 amide bonds. The van der Waals surface area contributed by atoms with Gasteiger partial charge < -0.3 is 8.83 Å². The highest BCUT2D eigenvalue weighted by molar-refractivity contribution is 14.1. The van der Waals surface area contributed by atoms with Gasteiger partial charge in [0, 0.05) is 47.0 Å². The fraction of sp³-hybridized carbons (Fsp3) is 0. The van der Waals surface area contributed by atoms with Crippen LogP contribution in [-0.4, -0.2) is 12.6 Å². The van der Waals surface area contributed by atoms with Crippen molar-refractivity contribution in [1.82, 2.24) is 0 Å². The summed E-state index contributed by atoms with van der Waals surface area (Å²) >= 11 is 9.13. The number of hydrogen-bond donors (Lipinski definition) is 0. The molecule has 0 saturated carbocycles. The summed E-state index contributed by atoms with van der Waals surface area (Å²) in [6, 6.07) is 7.68. The van der Waals surface area contributed by atoms with Gasteiger partial charge in [0.25, 0.3) is 0 Å². The first-order chi connectivity index (χ1) is 14.4. The van der Waals surface area contributed by atoms with Crippen LogP contribution >= 0.6 is 90.4 Å². The third-order valence-corrected chi connectivity index (χ3v) is 11.5. The quantitative estimate of drug-likeness (QED) is 0.0767. The minimum Gasteiger partial charge on any atom is -0.455 e. The molecule has 30 heavy (non-hydrogen) atoms. The van der Waals surface area contributed by atoms with Crippen LogP contribution in [0.15, 0.2) is 33.1 Å². The van der Waals surface area contributed by atoms with Gasteiger partial charge in [-0.05, 0) is 115 Å². The van der Waals surface area contributed by atoms with E-state index in [1.165, 1.54) is 0 Å². The van der Waals surface area contributed by atoms with E-state index in [-0.39, 0.29) is 0 Å². The third-order valence-electron chi connectivity index (χ3n) is 5.45. The number of rotatable bonds is 2. The molecule has 4 nitrogen and oxygen atoms in total. The maximum Gasteiger partial charge on any atom is 0.153 e. The highest BCUT2D eigenvalue weighted by Gasteiger charge is 2.30. The van der Waals surface area contributed by atoms with Gasteiger partial charge in [-0.15, -0.1) is 0 Å². The fourth-order valence-corrected chi connectivity index (χ4v) is 6.55. The molecule has 8 heteroatoms. The van der Waals surface area contributed by atoms with Crippen molar-refractivity contribution < 1.29 is 18.4 Å². The Hall–Kier alpha value is -0.740. The third kappa shape index (κ3) is 2.47. The average Bonchev–Trinajstić information content (AvgIpc) is 2.74. The molecule has 0 bridgehead atoms. The van der Waals surface area contributed by atoms with Gasteiger partial charge in [0.15, 0.2) is 12.6 Å². The largest absolute Gasteiger partial charge is 0.455 e. The lowest BCUT2D eigenvalue weighted by molar-refractivity contribution is 0.111. The molecule has 0 unspecified atom stereocenters. The first-order valence-corrected chi connectivity index (χ1v) is 13.0. The fourth-order valence-electron chi connectivity index (χ4n) is 4.24. The van der Waals surface area contributed by atoms with Gasteiger partial charge in [-0.3, -0.25) is 9.59 Å². The van der Waals surface area contributed by atoms with Gasteiger partial charge in [0.05, 0.1) is 11.1 Å². The van der Waals surface area contributed by atoms with Crippen LogP contribution in [0.3, 0.4) is 0 Å². The maximum atomic E-state index is 12.0. The SMILES string of the molecule is O=Cc1cc2c(I)c(I)cc3oc4c(C=O)cc5c(I)c(I)cc6oc1c(c32)-c4c65. The molecule has 0 N–H and O–H groups in total. The number of carbonyl (C=O) groups excluding carboxylic acids is 2. The van der Waals surface area contributed by atoms with Crippen molar-refractivity contribution in [2.24, 2.45) is 0 Å². The van der Waals surface area contributed by atoms with Crippen molar-refractivity contribution in [2.45, 2.75) is 0 Å². The Balaban J connectivity index is 2.08. The molecule has 0 radical (unpaired) electrons. The molecule has 2 heterocycles. The minimum atomic E-state index is 0.486. The summed E-state index contributed by atoms with van der Waals surface area (Å²) in [6.45, 7) is 0. The first kappa shape index (κ1) is 19.9. The second kappa shape index (κ2) is 6.88. The summed E-state index contributed by atoms with van der Waals surface area (Å²) < 4.78 is 16.8.